The van der Waals surface area contributed by atoms with Gasteiger partial charge in [-0.15, -0.1) is 0 Å². The number of halogens is 1. The van der Waals surface area contributed by atoms with E-state index in [0.717, 1.165) is 17.3 Å². The first-order valence-corrected chi connectivity index (χ1v) is 7.38. The molecule has 5 heteroatoms. The molecule has 0 radical (unpaired) electrons. The maximum atomic E-state index is 10.6. The largest absolute Gasteiger partial charge is 0.487 e. The molecule has 0 aliphatic carbocycles. The maximum absolute atomic E-state index is 10.6. The number of pyridine rings is 1. The molecule has 0 aliphatic rings. The van der Waals surface area contributed by atoms with E-state index in [4.69, 9.17) is 9.84 Å². The molecule has 0 saturated carbocycles. The van der Waals surface area contributed by atoms with Crippen LogP contribution < -0.4 is 4.74 Å². The maximum Gasteiger partial charge on any atom is 0.328 e. The van der Waals surface area contributed by atoms with Crippen LogP contribution in [0.5, 0.6) is 5.75 Å². The number of aliphatic carboxylic acids is 1. The Morgan fingerprint density at radius 1 is 1.29 bits per heavy atom. The van der Waals surface area contributed by atoms with Crippen LogP contribution in [-0.4, -0.2) is 16.1 Å². The number of rotatable bonds is 5. The predicted octanol–water partition coefficient (Wildman–Crippen LogP) is 3.67. The second kappa shape index (κ2) is 7.21. The van der Waals surface area contributed by atoms with Crippen molar-refractivity contribution in [3.8, 4) is 5.75 Å². The van der Waals surface area contributed by atoms with Gasteiger partial charge in [0.15, 0.2) is 0 Å². The van der Waals surface area contributed by atoms with Gasteiger partial charge in [0, 0.05) is 15.3 Å². The molecule has 0 saturated heterocycles. The highest BCUT2D eigenvalue weighted by Gasteiger charge is 2.04. The van der Waals surface area contributed by atoms with Crippen LogP contribution >= 0.6 is 22.6 Å². The Morgan fingerprint density at radius 2 is 2.00 bits per heavy atom. The van der Waals surface area contributed by atoms with Gasteiger partial charge in [0.2, 0.25) is 0 Å². The number of ether oxygens (including phenoxy) is 1. The Hall–Kier alpha value is -1.89. The fourth-order valence-electron chi connectivity index (χ4n) is 1.70. The summed E-state index contributed by atoms with van der Waals surface area (Å²) >= 11 is 2.25. The number of benzene rings is 1. The molecule has 0 bridgehead atoms. The fraction of sp³-hybridized carbons (Fsp3) is 0.125. The molecule has 2 aromatic rings. The zero-order chi connectivity index (χ0) is 15.2. The monoisotopic (exact) mass is 395 g/mol. The van der Waals surface area contributed by atoms with Crippen LogP contribution in [0.15, 0.2) is 42.5 Å². The number of carboxylic acids is 1. The van der Waals surface area contributed by atoms with Crippen LogP contribution in [0.2, 0.25) is 0 Å². The van der Waals surface area contributed by atoms with E-state index in [2.05, 4.69) is 27.6 Å². The third-order valence-electron chi connectivity index (χ3n) is 2.72. The summed E-state index contributed by atoms with van der Waals surface area (Å²) in [6.07, 6.45) is 2.50. The van der Waals surface area contributed by atoms with Crippen molar-refractivity contribution in [2.45, 2.75) is 13.5 Å². The van der Waals surface area contributed by atoms with E-state index in [0.29, 0.717) is 18.1 Å². The Balaban J connectivity index is 2.15. The average Bonchev–Trinajstić information content (AvgIpc) is 2.45. The van der Waals surface area contributed by atoms with Crippen molar-refractivity contribution >= 4 is 34.6 Å². The fourth-order valence-corrected chi connectivity index (χ4v) is 2.06. The summed E-state index contributed by atoms with van der Waals surface area (Å²) in [5, 5.41) is 8.71. The average molecular weight is 395 g/mol. The summed E-state index contributed by atoms with van der Waals surface area (Å²) in [5.74, 6) is -0.446. The third-order valence-corrected chi connectivity index (χ3v) is 3.44. The lowest BCUT2D eigenvalue weighted by atomic mass is 10.2. The van der Waals surface area contributed by atoms with Gasteiger partial charge in [0.25, 0.3) is 0 Å². The van der Waals surface area contributed by atoms with Crippen molar-refractivity contribution in [3.05, 3.63) is 63.0 Å². The van der Waals surface area contributed by atoms with Crippen LogP contribution in [0.25, 0.3) is 6.08 Å². The quantitative estimate of drug-likeness (QED) is 0.620. The van der Waals surface area contributed by atoms with E-state index in [1.807, 2.05) is 37.3 Å². The SMILES string of the molecule is Cc1ccc(OCc2ccc(I)cc2)c(C=CC(=O)O)n1. The molecule has 1 aromatic carbocycles. The van der Waals surface area contributed by atoms with E-state index in [1.165, 1.54) is 9.65 Å². The molecular formula is C16H14INO3. The van der Waals surface area contributed by atoms with E-state index in [9.17, 15) is 4.79 Å². The Labute approximate surface area is 136 Å². The highest BCUT2D eigenvalue weighted by molar-refractivity contribution is 14.1. The Kier molecular flexibility index (Phi) is 5.32. The van der Waals surface area contributed by atoms with Gasteiger partial charge in [-0.25, -0.2) is 9.78 Å². The summed E-state index contributed by atoms with van der Waals surface area (Å²) in [5.41, 5.74) is 2.37. The zero-order valence-corrected chi connectivity index (χ0v) is 13.6. The first-order valence-electron chi connectivity index (χ1n) is 6.30. The van der Waals surface area contributed by atoms with Gasteiger partial charge in [-0.1, -0.05) is 12.1 Å². The molecule has 1 aromatic heterocycles. The van der Waals surface area contributed by atoms with Crippen molar-refractivity contribution in [1.29, 1.82) is 0 Å². The van der Waals surface area contributed by atoms with Gasteiger partial charge >= 0.3 is 5.97 Å². The predicted molar refractivity (Wildman–Crippen MR) is 89.1 cm³/mol. The number of nitrogens with zero attached hydrogens (tertiary/aromatic N) is 1. The van der Waals surface area contributed by atoms with E-state index >= 15 is 0 Å². The molecule has 4 nitrogen and oxygen atoms in total. The smallest absolute Gasteiger partial charge is 0.328 e. The van der Waals surface area contributed by atoms with E-state index in [1.54, 1.807) is 6.07 Å². The molecule has 0 amide bonds. The molecule has 1 heterocycles. The topological polar surface area (TPSA) is 59.4 Å². The van der Waals surface area contributed by atoms with E-state index < -0.39 is 5.97 Å². The van der Waals surface area contributed by atoms with Crippen LogP contribution in [0, 0.1) is 10.5 Å². The molecule has 108 valence electrons. The Morgan fingerprint density at radius 3 is 2.67 bits per heavy atom. The summed E-state index contributed by atoms with van der Waals surface area (Å²) in [6.45, 7) is 2.26. The first kappa shape index (κ1) is 15.5. The number of carboxylic acid groups (broad SMARTS) is 1. The summed E-state index contributed by atoms with van der Waals surface area (Å²) in [6, 6.07) is 11.7. The van der Waals surface area contributed by atoms with Gasteiger partial charge in [0.05, 0.1) is 0 Å². The van der Waals surface area contributed by atoms with Crippen molar-refractivity contribution < 1.29 is 14.6 Å². The molecule has 0 atom stereocenters. The number of hydrogen-bond acceptors (Lipinski definition) is 3. The van der Waals surface area contributed by atoms with Crippen LogP contribution in [0.4, 0.5) is 0 Å². The second-order valence-corrected chi connectivity index (χ2v) is 5.67. The highest BCUT2D eigenvalue weighted by atomic mass is 127. The minimum absolute atomic E-state index is 0.412. The summed E-state index contributed by atoms with van der Waals surface area (Å²) in [7, 11) is 0. The minimum atomic E-state index is -1.01. The van der Waals surface area contributed by atoms with Gasteiger partial charge < -0.3 is 9.84 Å². The normalized spacial score (nSPS) is 10.8. The number of carbonyl (C=O) groups is 1. The second-order valence-electron chi connectivity index (χ2n) is 4.42. The first-order chi connectivity index (χ1) is 10.0. The van der Waals surface area contributed by atoms with Crippen LogP contribution in [-0.2, 0) is 11.4 Å². The van der Waals surface area contributed by atoms with Gasteiger partial charge in [0.1, 0.15) is 18.1 Å². The summed E-state index contributed by atoms with van der Waals surface area (Å²) < 4.78 is 6.91. The van der Waals surface area contributed by atoms with Gasteiger partial charge in [-0.05, 0) is 65.4 Å². The van der Waals surface area contributed by atoms with Crippen molar-refractivity contribution in [2.75, 3.05) is 0 Å². The molecule has 1 N–H and O–H groups in total. The van der Waals surface area contributed by atoms with Crippen molar-refractivity contribution in [2.24, 2.45) is 0 Å². The highest BCUT2D eigenvalue weighted by Crippen LogP contribution is 2.20. The molecule has 0 fully saturated rings. The third kappa shape index (κ3) is 4.86. The molecular weight excluding hydrogens is 381 g/mol. The zero-order valence-electron chi connectivity index (χ0n) is 11.4. The number of aryl methyl sites for hydroxylation is 1. The lowest BCUT2D eigenvalue weighted by Gasteiger charge is -2.09. The van der Waals surface area contributed by atoms with Crippen LogP contribution in [0.1, 0.15) is 17.0 Å². The van der Waals surface area contributed by atoms with Crippen molar-refractivity contribution in [1.82, 2.24) is 4.98 Å². The van der Waals surface area contributed by atoms with Gasteiger partial charge in [-0.2, -0.15) is 0 Å². The molecule has 2 rings (SSSR count). The lowest BCUT2D eigenvalue weighted by Crippen LogP contribution is -1.99. The lowest BCUT2D eigenvalue weighted by molar-refractivity contribution is -0.131. The molecule has 0 aliphatic heterocycles. The molecule has 21 heavy (non-hydrogen) atoms. The summed E-state index contributed by atoms with van der Waals surface area (Å²) in [4.78, 5) is 14.9. The standard InChI is InChI=1S/C16H14INO3/c1-11-2-8-15(14(18-11)7-9-16(19)20)21-10-12-3-5-13(17)6-4-12/h2-9H,10H2,1H3,(H,19,20). The number of hydrogen-bond donors (Lipinski definition) is 1. The molecule has 0 spiro atoms. The number of aromatic nitrogens is 1. The van der Waals surface area contributed by atoms with E-state index in [-0.39, 0.29) is 0 Å². The van der Waals surface area contributed by atoms with Crippen molar-refractivity contribution in [3.63, 3.8) is 0 Å². The Bertz CT molecular complexity index is 666. The molecule has 0 unspecified atom stereocenters. The minimum Gasteiger partial charge on any atom is -0.487 e. The van der Waals surface area contributed by atoms with Gasteiger partial charge in [-0.3, -0.25) is 0 Å². The van der Waals surface area contributed by atoms with Crippen LogP contribution in [0.3, 0.4) is 0 Å².